The van der Waals surface area contributed by atoms with Crippen molar-refractivity contribution in [3.05, 3.63) is 29.8 Å². The Kier molecular flexibility index (Phi) is 4.97. The number of carbonyl (C=O) groups is 1. The highest BCUT2D eigenvalue weighted by molar-refractivity contribution is 5.96. The fraction of sp³-hybridized carbons (Fsp3) is 0.562. The van der Waals surface area contributed by atoms with Crippen LogP contribution < -0.4 is 10.2 Å². The average Bonchev–Trinajstić information content (AvgIpc) is 2.45. The first-order chi connectivity index (χ1) is 9.26. The highest BCUT2D eigenvalue weighted by Crippen LogP contribution is 2.27. The van der Waals surface area contributed by atoms with E-state index in [0.717, 1.165) is 38.0 Å². The lowest BCUT2D eigenvalue weighted by Gasteiger charge is -2.32. The summed E-state index contributed by atoms with van der Waals surface area (Å²) in [5, 5.41) is 3.52. The van der Waals surface area contributed by atoms with Gasteiger partial charge in [-0.2, -0.15) is 0 Å². The average molecular weight is 260 g/mol. The van der Waals surface area contributed by atoms with Crippen molar-refractivity contribution in [3.8, 4) is 0 Å². The Labute approximate surface area is 116 Å². The lowest BCUT2D eigenvalue weighted by Crippen LogP contribution is -2.45. The third kappa shape index (κ3) is 3.35. The molecule has 0 aromatic heterocycles. The van der Waals surface area contributed by atoms with Gasteiger partial charge in [0.1, 0.15) is 0 Å². The van der Waals surface area contributed by atoms with Gasteiger partial charge in [-0.1, -0.05) is 32.0 Å². The zero-order valence-corrected chi connectivity index (χ0v) is 12.0. The Hall–Kier alpha value is -1.35. The first kappa shape index (κ1) is 14.1. The molecule has 1 atom stereocenters. The topological polar surface area (TPSA) is 32.3 Å². The van der Waals surface area contributed by atoms with Gasteiger partial charge in [-0.3, -0.25) is 4.79 Å². The minimum atomic E-state index is 0.260. The fourth-order valence-electron chi connectivity index (χ4n) is 2.60. The third-order valence-corrected chi connectivity index (χ3v) is 3.77. The van der Waals surface area contributed by atoms with Crippen LogP contribution in [-0.2, 0) is 11.2 Å². The molecule has 2 rings (SSSR count). The summed E-state index contributed by atoms with van der Waals surface area (Å²) in [5.74, 6) is 0.260. The molecule has 0 radical (unpaired) electrons. The molecule has 0 saturated heterocycles. The van der Waals surface area contributed by atoms with Crippen molar-refractivity contribution in [2.24, 2.45) is 0 Å². The lowest BCUT2D eigenvalue weighted by atomic mass is 10.0. The van der Waals surface area contributed by atoms with Gasteiger partial charge < -0.3 is 10.2 Å². The van der Waals surface area contributed by atoms with E-state index in [1.165, 1.54) is 5.56 Å². The maximum absolute atomic E-state index is 12.2. The van der Waals surface area contributed by atoms with Crippen LogP contribution in [0.5, 0.6) is 0 Å². The summed E-state index contributed by atoms with van der Waals surface area (Å²) in [4.78, 5) is 14.1. The van der Waals surface area contributed by atoms with Gasteiger partial charge in [0.05, 0.1) is 0 Å². The summed E-state index contributed by atoms with van der Waals surface area (Å²) < 4.78 is 0. The van der Waals surface area contributed by atoms with E-state index in [9.17, 15) is 4.79 Å². The van der Waals surface area contributed by atoms with Gasteiger partial charge in [0.2, 0.25) is 5.91 Å². The number of hydrogen-bond donors (Lipinski definition) is 1. The van der Waals surface area contributed by atoms with Gasteiger partial charge in [-0.15, -0.1) is 0 Å². The molecular weight excluding hydrogens is 236 g/mol. The summed E-state index contributed by atoms with van der Waals surface area (Å²) in [7, 11) is 0. The SMILES string of the molecule is CCCNC(CC)CN1C(=O)CCc2ccccc21. The summed E-state index contributed by atoms with van der Waals surface area (Å²) in [5.41, 5.74) is 2.41. The van der Waals surface area contributed by atoms with Crippen molar-refractivity contribution >= 4 is 11.6 Å². The van der Waals surface area contributed by atoms with Crippen molar-refractivity contribution < 1.29 is 4.79 Å². The Morgan fingerprint density at radius 2 is 2.05 bits per heavy atom. The number of anilines is 1. The van der Waals surface area contributed by atoms with Crippen LogP contribution in [0.3, 0.4) is 0 Å². The van der Waals surface area contributed by atoms with Gasteiger partial charge >= 0.3 is 0 Å². The van der Waals surface area contributed by atoms with E-state index >= 15 is 0 Å². The van der Waals surface area contributed by atoms with Crippen LogP contribution in [0.25, 0.3) is 0 Å². The predicted molar refractivity (Wildman–Crippen MR) is 79.5 cm³/mol. The van der Waals surface area contributed by atoms with Gasteiger partial charge in [0, 0.05) is 24.7 Å². The van der Waals surface area contributed by atoms with E-state index in [4.69, 9.17) is 0 Å². The molecule has 1 aliphatic rings. The Morgan fingerprint density at radius 1 is 1.26 bits per heavy atom. The third-order valence-electron chi connectivity index (χ3n) is 3.77. The Balaban J connectivity index is 2.12. The highest BCUT2D eigenvalue weighted by atomic mass is 16.2. The van der Waals surface area contributed by atoms with Crippen LogP contribution in [0, 0.1) is 0 Å². The first-order valence-electron chi connectivity index (χ1n) is 7.37. The second-order valence-electron chi connectivity index (χ2n) is 5.19. The number of rotatable bonds is 6. The number of benzene rings is 1. The molecule has 0 bridgehead atoms. The zero-order valence-electron chi connectivity index (χ0n) is 12.0. The fourth-order valence-corrected chi connectivity index (χ4v) is 2.60. The molecule has 1 heterocycles. The van der Waals surface area contributed by atoms with Crippen LogP contribution in [0.1, 0.15) is 38.7 Å². The quantitative estimate of drug-likeness (QED) is 0.853. The number of nitrogens with zero attached hydrogens (tertiary/aromatic N) is 1. The van der Waals surface area contributed by atoms with Crippen LogP contribution in [-0.4, -0.2) is 25.0 Å². The number of aryl methyl sites for hydroxylation is 1. The van der Waals surface area contributed by atoms with Crippen LogP contribution >= 0.6 is 0 Å². The lowest BCUT2D eigenvalue weighted by molar-refractivity contribution is -0.119. The summed E-state index contributed by atoms with van der Waals surface area (Å²) >= 11 is 0. The predicted octanol–water partition coefficient (Wildman–Crippen LogP) is 2.74. The van der Waals surface area contributed by atoms with Crippen molar-refractivity contribution in [2.45, 2.75) is 45.6 Å². The molecule has 3 heteroatoms. The maximum Gasteiger partial charge on any atom is 0.227 e. The number of carbonyl (C=O) groups excluding carboxylic acids is 1. The van der Waals surface area contributed by atoms with Crippen molar-refractivity contribution in [2.75, 3.05) is 18.0 Å². The zero-order chi connectivity index (χ0) is 13.7. The molecular formula is C16H24N2O. The smallest absolute Gasteiger partial charge is 0.227 e. The molecule has 1 N–H and O–H groups in total. The molecule has 1 aromatic carbocycles. The molecule has 0 spiro atoms. The second-order valence-corrected chi connectivity index (χ2v) is 5.19. The van der Waals surface area contributed by atoms with Crippen LogP contribution in [0.2, 0.25) is 0 Å². The van der Waals surface area contributed by atoms with Gasteiger partial charge in [0.15, 0.2) is 0 Å². The molecule has 0 fully saturated rings. The van der Waals surface area contributed by atoms with E-state index in [1.54, 1.807) is 0 Å². The molecule has 104 valence electrons. The molecule has 0 saturated carbocycles. The minimum Gasteiger partial charge on any atom is -0.312 e. The Bertz CT molecular complexity index is 431. The molecule has 1 aliphatic heterocycles. The second kappa shape index (κ2) is 6.71. The van der Waals surface area contributed by atoms with E-state index in [1.807, 2.05) is 11.0 Å². The van der Waals surface area contributed by atoms with Crippen LogP contribution in [0.15, 0.2) is 24.3 Å². The maximum atomic E-state index is 12.2. The number of nitrogens with one attached hydrogen (secondary N) is 1. The highest BCUT2D eigenvalue weighted by Gasteiger charge is 2.25. The summed E-state index contributed by atoms with van der Waals surface area (Å²) in [6.07, 6.45) is 3.69. The van der Waals surface area contributed by atoms with Crippen molar-refractivity contribution in [1.82, 2.24) is 5.32 Å². The Morgan fingerprint density at radius 3 is 2.79 bits per heavy atom. The monoisotopic (exact) mass is 260 g/mol. The molecule has 1 amide bonds. The van der Waals surface area contributed by atoms with Gasteiger partial charge in [0.25, 0.3) is 0 Å². The van der Waals surface area contributed by atoms with E-state index in [0.29, 0.717) is 12.5 Å². The molecule has 19 heavy (non-hydrogen) atoms. The number of hydrogen-bond acceptors (Lipinski definition) is 2. The molecule has 0 aliphatic carbocycles. The van der Waals surface area contributed by atoms with E-state index in [2.05, 4.69) is 37.4 Å². The number of para-hydroxylation sites is 1. The largest absolute Gasteiger partial charge is 0.312 e. The summed E-state index contributed by atoms with van der Waals surface area (Å²) in [6, 6.07) is 8.66. The molecule has 3 nitrogen and oxygen atoms in total. The van der Waals surface area contributed by atoms with E-state index < -0.39 is 0 Å². The van der Waals surface area contributed by atoms with Crippen LogP contribution in [0.4, 0.5) is 5.69 Å². The van der Waals surface area contributed by atoms with Gasteiger partial charge in [-0.05, 0) is 37.4 Å². The standard InChI is InChI=1S/C16H24N2O/c1-3-11-17-14(4-2)12-18-15-8-6-5-7-13(15)9-10-16(18)19/h5-8,14,17H,3-4,9-12H2,1-2H3. The van der Waals surface area contributed by atoms with Crippen molar-refractivity contribution in [3.63, 3.8) is 0 Å². The van der Waals surface area contributed by atoms with Gasteiger partial charge in [-0.25, -0.2) is 0 Å². The van der Waals surface area contributed by atoms with Crippen molar-refractivity contribution in [1.29, 1.82) is 0 Å². The summed E-state index contributed by atoms with van der Waals surface area (Å²) in [6.45, 7) is 6.14. The van der Waals surface area contributed by atoms with E-state index in [-0.39, 0.29) is 5.91 Å². The minimum absolute atomic E-state index is 0.260. The normalized spacial score (nSPS) is 16.3. The number of fused-ring (bicyclic) bond motifs is 1. The molecule has 1 unspecified atom stereocenters. The first-order valence-corrected chi connectivity index (χ1v) is 7.37. The molecule has 1 aromatic rings. The number of amides is 1.